The maximum absolute atomic E-state index is 14.7. The Balaban J connectivity index is 1.47. The Hall–Kier alpha value is -4.62. The second-order valence-electron chi connectivity index (χ2n) is 10.2. The number of pyridine rings is 1. The molecule has 0 aliphatic heterocycles. The lowest BCUT2D eigenvalue weighted by Gasteiger charge is -2.13. The molecule has 6 rings (SSSR count). The van der Waals surface area contributed by atoms with Gasteiger partial charge in [-0.3, -0.25) is 0 Å². The van der Waals surface area contributed by atoms with Crippen LogP contribution >= 0.6 is 11.6 Å². The largest absolute Gasteiger partial charge is 0.489 e. The smallest absolute Gasteiger partial charge is 0.417 e. The van der Waals surface area contributed by atoms with Crippen LogP contribution in [0.15, 0.2) is 103 Å². The Labute approximate surface area is 246 Å². The molecule has 0 fully saturated rings. The maximum atomic E-state index is 14.7. The van der Waals surface area contributed by atoms with Gasteiger partial charge >= 0.3 is 6.18 Å². The summed E-state index contributed by atoms with van der Waals surface area (Å²) in [4.78, 5) is 4.75. The van der Waals surface area contributed by atoms with Crippen LogP contribution in [0.25, 0.3) is 39.2 Å². The van der Waals surface area contributed by atoms with Gasteiger partial charge in [0.25, 0.3) is 0 Å². The normalized spacial score (nSPS) is 11.7. The minimum atomic E-state index is -4.66. The van der Waals surface area contributed by atoms with Crippen molar-refractivity contribution >= 4 is 22.6 Å². The predicted octanol–water partition coefficient (Wildman–Crippen LogP) is 9.62. The van der Waals surface area contributed by atoms with Crippen LogP contribution in [0, 0.1) is 13.8 Å². The van der Waals surface area contributed by atoms with Gasteiger partial charge in [0.1, 0.15) is 18.1 Å². The fraction of sp³-hybridized carbons (Fsp3) is 0.118. The zero-order valence-corrected chi connectivity index (χ0v) is 23.5. The van der Waals surface area contributed by atoms with E-state index in [-0.39, 0.29) is 22.4 Å². The summed E-state index contributed by atoms with van der Waals surface area (Å²) in [6.07, 6.45) is -4.66. The molecule has 0 aliphatic carbocycles. The topological polar surface area (TPSA) is 39.9 Å². The Kier molecular flexibility index (Phi) is 7.21. The van der Waals surface area contributed by atoms with Crippen LogP contribution in [0.4, 0.5) is 13.2 Å². The average Bonchev–Trinajstić information content (AvgIpc) is 3.36. The van der Waals surface area contributed by atoms with E-state index in [4.69, 9.17) is 21.3 Å². The van der Waals surface area contributed by atoms with Crippen LogP contribution < -0.4 is 4.74 Å². The van der Waals surface area contributed by atoms with Gasteiger partial charge in [0.05, 0.1) is 22.3 Å². The molecule has 0 N–H and O–H groups in total. The number of halogens is 4. The Morgan fingerprint density at radius 3 is 2.14 bits per heavy atom. The summed E-state index contributed by atoms with van der Waals surface area (Å²) in [6, 6.07) is 30.0. The van der Waals surface area contributed by atoms with E-state index in [0.717, 1.165) is 22.8 Å². The molecular weight excluding hydrogens is 559 g/mol. The van der Waals surface area contributed by atoms with Crippen molar-refractivity contribution in [3.8, 4) is 34.0 Å². The quantitative estimate of drug-likeness (QED) is 0.196. The fourth-order valence-corrected chi connectivity index (χ4v) is 4.98. The monoisotopic (exact) mass is 583 g/mol. The molecule has 0 spiro atoms. The van der Waals surface area contributed by atoms with E-state index < -0.39 is 11.7 Å². The SMILES string of the molecule is Cc1ccc(-n2nc(-c3ccc(Cl)cc3)c3c(C(F)(F)F)cc(-c4ccc(OCc5cccc(C)c5)cc4)nc32)cc1. The minimum Gasteiger partial charge on any atom is -0.489 e. The fourth-order valence-electron chi connectivity index (χ4n) is 4.85. The first-order chi connectivity index (χ1) is 20.2. The predicted molar refractivity (Wildman–Crippen MR) is 160 cm³/mol. The molecule has 0 unspecified atom stereocenters. The summed E-state index contributed by atoms with van der Waals surface area (Å²) in [6.45, 7) is 4.34. The number of hydrogen-bond acceptors (Lipinski definition) is 3. The van der Waals surface area contributed by atoms with E-state index in [2.05, 4.69) is 5.10 Å². The molecule has 0 aliphatic rings. The highest BCUT2D eigenvalue weighted by Crippen LogP contribution is 2.42. The number of fused-ring (bicyclic) bond motifs is 1. The molecule has 0 atom stereocenters. The molecule has 0 amide bonds. The zero-order valence-electron chi connectivity index (χ0n) is 22.8. The second kappa shape index (κ2) is 11.0. The van der Waals surface area contributed by atoms with Crippen LogP contribution in [-0.2, 0) is 12.8 Å². The van der Waals surface area contributed by atoms with E-state index in [1.807, 2.05) is 62.4 Å². The third-order valence-corrected chi connectivity index (χ3v) is 7.23. The highest BCUT2D eigenvalue weighted by atomic mass is 35.5. The number of aromatic nitrogens is 3. The van der Waals surface area contributed by atoms with Gasteiger partial charge in [-0.05, 0) is 74.0 Å². The highest BCUT2D eigenvalue weighted by Gasteiger charge is 2.36. The van der Waals surface area contributed by atoms with Gasteiger partial charge in [-0.2, -0.15) is 18.3 Å². The van der Waals surface area contributed by atoms with Crippen LogP contribution in [0.2, 0.25) is 5.02 Å². The summed E-state index contributed by atoms with van der Waals surface area (Å²) in [7, 11) is 0. The minimum absolute atomic E-state index is 0.0766. The van der Waals surface area contributed by atoms with Gasteiger partial charge in [-0.15, -0.1) is 0 Å². The Bertz CT molecular complexity index is 1880. The third-order valence-electron chi connectivity index (χ3n) is 6.98. The molecule has 0 bridgehead atoms. The summed E-state index contributed by atoms with van der Waals surface area (Å²) < 4.78 is 51.4. The third kappa shape index (κ3) is 5.60. The average molecular weight is 584 g/mol. The first-order valence-corrected chi connectivity index (χ1v) is 13.7. The highest BCUT2D eigenvalue weighted by molar-refractivity contribution is 6.30. The molecule has 4 nitrogen and oxygen atoms in total. The van der Waals surface area contributed by atoms with Gasteiger partial charge in [0, 0.05) is 16.1 Å². The molecular formula is C34H25ClF3N3O. The number of aryl methyl sites for hydroxylation is 2. The lowest BCUT2D eigenvalue weighted by Crippen LogP contribution is -2.08. The van der Waals surface area contributed by atoms with Gasteiger partial charge in [-0.1, -0.05) is 71.3 Å². The van der Waals surface area contributed by atoms with Crippen LogP contribution in [0.3, 0.4) is 0 Å². The molecule has 0 saturated heterocycles. The molecule has 2 aromatic heterocycles. The van der Waals surface area contributed by atoms with E-state index in [1.165, 1.54) is 4.68 Å². The molecule has 0 saturated carbocycles. The summed E-state index contributed by atoms with van der Waals surface area (Å²) in [5.41, 5.74) is 4.45. The molecule has 42 heavy (non-hydrogen) atoms. The summed E-state index contributed by atoms with van der Waals surface area (Å²) >= 11 is 6.07. The second-order valence-corrected chi connectivity index (χ2v) is 10.6. The lowest BCUT2D eigenvalue weighted by molar-refractivity contribution is -0.136. The van der Waals surface area contributed by atoms with Crippen LogP contribution in [-0.4, -0.2) is 14.8 Å². The summed E-state index contributed by atoms with van der Waals surface area (Å²) in [5, 5.41) is 5.06. The number of nitrogens with zero attached hydrogens (tertiary/aromatic N) is 3. The van der Waals surface area contributed by atoms with Crippen molar-refractivity contribution in [1.82, 2.24) is 14.8 Å². The van der Waals surface area contributed by atoms with E-state index in [0.29, 0.717) is 34.2 Å². The summed E-state index contributed by atoms with van der Waals surface area (Å²) in [5.74, 6) is 0.604. The maximum Gasteiger partial charge on any atom is 0.417 e. The van der Waals surface area contributed by atoms with Crippen molar-refractivity contribution in [3.05, 3.63) is 130 Å². The van der Waals surface area contributed by atoms with E-state index in [9.17, 15) is 13.2 Å². The lowest BCUT2D eigenvalue weighted by atomic mass is 10.0. The first-order valence-electron chi connectivity index (χ1n) is 13.3. The molecule has 6 aromatic rings. The van der Waals surface area contributed by atoms with Crippen LogP contribution in [0.1, 0.15) is 22.3 Å². The van der Waals surface area contributed by atoms with E-state index in [1.54, 1.807) is 48.5 Å². The Morgan fingerprint density at radius 2 is 1.48 bits per heavy atom. The van der Waals surface area contributed by atoms with Gasteiger partial charge in [-0.25, -0.2) is 9.67 Å². The van der Waals surface area contributed by atoms with Gasteiger partial charge < -0.3 is 4.74 Å². The first kappa shape index (κ1) is 27.5. The van der Waals surface area contributed by atoms with Crippen molar-refractivity contribution in [3.63, 3.8) is 0 Å². The van der Waals surface area contributed by atoms with Crippen molar-refractivity contribution in [1.29, 1.82) is 0 Å². The van der Waals surface area contributed by atoms with Crippen molar-refractivity contribution in [2.75, 3.05) is 0 Å². The molecule has 4 aromatic carbocycles. The molecule has 0 radical (unpaired) electrons. The number of benzene rings is 4. The number of alkyl halides is 3. The van der Waals surface area contributed by atoms with Crippen molar-refractivity contribution in [2.24, 2.45) is 0 Å². The van der Waals surface area contributed by atoms with Gasteiger partial charge in [0.15, 0.2) is 5.65 Å². The number of ether oxygens (including phenoxy) is 1. The zero-order chi connectivity index (χ0) is 29.4. The van der Waals surface area contributed by atoms with Crippen molar-refractivity contribution < 1.29 is 17.9 Å². The number of hydrogen-bond donors (Lipinski definition) is 0. The molecule has 210 valence electrons. The van der Waals surface area contributed by atoms with Crippen molar-refractivity contribution in [2.45, 2.75) is 26.6 Å². The standard InChI is InChI=1S/C34H25ClF3N3O/c1-21-6-14-27(15-7-21)41-33-31(32(40-41)25-8-12-26(35)13-9-25)29(34(36,37)38)19-30(39-33)24-10-16-28(17-11-24)42-20-23-5-3-4-22(2)18-23/h3-19H,20H2,1-2H3. The Morgan fingerprint density at radius 1 is 0.786 bits per heavy atom. The molecule has 2 heterocycles. The molecule has 8 heteroatoms. The van der Waals surface area contributed by atoms with E-state index >= 15 is 0 Å². The van der Waals surface area contributed by atoms with Crippen LogP contribution in [0.5, 0.6) is 5.75 Å². The van der Waals surface area contributed by atoms with Gasteiger partial charge in [0.2, 0.25) is 0 Å². The number of rotatable bonds is 6.